The Labute approximate surface area is 339 Å². The van der Waals surface area contributed by atoms with Crippen LogP contribution in [0, 0.1) is 0 Å². The van der Waals surface area contributed by atoms with Crippen LogP contribution in [0.15, 0.2) is 200 Å². The van der Waals surface area contributed by atoms with Crippen molar-refractivity contribution in [2.45, 2.75) is 13.1 Å². The molecule has 0 saturated carbocycles. The summed E-state index contributed by atoms with van der Waals surface area (Å²) in [4.78, 5) is 11.0. The van der Waals surface area contributed by atoms with Gasteiger partial charge in [-0.3, -0.25) is 0 Å². The molecule has 0 bridgehead atoms. The summed E-state index contributed by atoms with van der Waals surface area (Å²) < 4.78 is 2.41. The van der Waals surface area contributed by atoms with Crippen LogP contribution in [0.1, 0.15) is 0 Å². The van der Waals surface area contributed by atoms with E-state index >= 15 is 0 Å². The molecule has 0 atom stereocenters. The molecular weight excluding hydrogens is 719 g/mol. The number of para-hydroxylation sites is 1. The van der Waals surface area contributed by atoms with E-state index in [1.54, 1.807) is 0 Å². The maximum atomic E-state index is 5.53. The topological polar surface area (TPSA) is 30.7 Å². The highest BCUT2D eigenvalue weighted by atomic mass is 28.3. The average Bonchev–Trinajstić information content (AvgIpc) is 3.75. The van der Waals surface area contributed by atoms with Gasteiger partial charge in [-0.25, -0.2) is 9.97 Å². The standard InChI is InChI=1S/C54H39N3Si/c1-58(2)49-30-13-12-27-45(49)51-52(55-53(56-54(51)58)42-24-14-21-38(33-42)36-17-6-3-7-18-36)41-23-15-22-40(34-41)44-28-16-29-48-50(44)46-35-39(37-19-8-4-9-20-37)31-32-47(46)57(48)43-25-10-5-11-26-43/h3-35H,1-2H3. The number of hydrogen-bond acceptors (Lipinski definition) is 2. The Morgan fingerprint density at radius 1 is 0.414 bits per heavy atom. The van der Waals surface area contributed by atoms with Gasteiger partial charge in [-0.1, -0.05) is 171 Å². The lowest BCUT2D eigenvalue weighted by atomic mass is 9.94. The van der Waals surface area contributed by atoms with Gasteiger partial charge in [-0.15, -0.1) is 0 Å². The molecule has 58 heavy (non-hydrogen) atoms. The number of hydrogen-bond donors (Lipinski definition) is 0. The highest BCUT2D eigenvalue weighted by molar-refractivity contribution is 7.03. The molecule has 0 fully saturated rings. The molecule has 1 aliphatic rings. The van der Waals surface area contributed by atoms with Gasteiger partial charge in [0.25, 0.3) is 0 Å². The second kappa shape index (κ2) is 13.5. The van der Waals surface area contributed by atoms with Gasteiger partial charge in [0.15, 0.2) is 5.82 Å². The minimum absolute atomic E-state index is 0.770. The van der Waals surface area contributed by atoms with Crippen LogP contribution in [0.3, 0.4) is 0 Å². The van der Waals surface area contributed by atoms with E-state index in [2.05, 4.69) is 218 Å². The third kappa shape index (κ3) is 5.48. The monoisotopic (exact) mass is 757 g/mol. The normalized spacial score (nSPS) is 12.8. The van der Waals surface area contributed by atoms with E-state index in [0.29, 0.717) is 0 Å². The number of benzene rings is 8. The first kappa shape index (κ1) is 34.1. The van der Waals surface area contributed by atoms with Crippen molar-refractivity contribution in [1.82, 2.24) is 14.5 Å². The first-order valence-electron chi connectivity index (χ1n) is 20.0. The van der Waals surface area contributed by atoms with Crippen molar-refractivity contribution in [3.63, 3.8) is 0 Å². The number of rotatable bonds is 6. The van der Waals surface area contributed by atoms with Gasteiger partial charge in [-0.05, 0) is 86.6 Å². The lowest BCUT2D eigenvalue weighted by Gasteiger charge is -2.19. The van der Waals surface area contributed by atoms with Crippen molar-refractivity contribution in [1.29, 1.82) is 0 Å². The molecule has 11 rings (SSSR count). The smallest absolute Gasteiger partial charge is 0.159 e. The molecule has 0 N–H and O–H groups in total. The Morgan fingerprint density at radius 2 is 0.983 bits per heavy atom. The Bertz CT molecular complexity index is 3180. The van der Waals surface area contributed by atoms with E-state index in [1.165, 1.54) is 65.7 Å². The zero-order valence-electron chi connectivity index (χ0n) is 32.4. The third-order valence-electron chi connectivity index (χ3n) is 12.0. The van der Waals surface area contributed by atoms with Crippen LogP contribution in [0.25, 0.3) is 94.6 Å². The third-order valence-corrected chi connectivity index (χ3v) is 15.3. The maximum Gasteiger partial charge on any atom is 0.159 e. The van der Waals surface area contributed by atoms with Crippen LogP contribution in [-0.2, 0) is 0 Å². The summed E-state index contributed by atoms with van der Waals surface area (Å²) in [6, 6.07) is 72.2. The fourth-order valence-electron chi connectivity index (χ4n) is 9.16. The van der Waals surface area contributed by atoms with Crippen LogP contribution >= 0.6 is 0 Å². The van der Waals surface area contributed by atoms with Gasteiger partial charge in [0.05, 0.1) is 16.7 Å². The molecule has 0 unspecified atom stereocenters. The van der Waals surface area contributed by atoms with E-state index in [9.17, 15) is 0 Å². The summed E-state index contributed by atoms with van der Waals surface area (Å²) in [5.41, 5.74) is 16.2. The van der Waals surface area contributed by atoms with Gasteiger partial charge in [0.2, 0.25) is 0 Å². The molecule has 0 saturated heterocycles. The van der Waals surface area contributed by atoms with Crippen molar-refractivity contribution in [3.8, 4) is 72.8 Å². The Morgan fingerprint density at radius 3 is 1.74 bits per heavy atom. The first-order chi connectivity index (χ1) is 28.5. The van der Waals surface area contributed by atoms with E-state index < -0.39 is 8.07 Å². The van der Waals surface area contributed by atoms with Crippen molar-refractivity contribution >= 4 is 40.4 Å². The fraction of sp³-hybridized carbons (Fsp3) is 0.0370. The second-order valence-corrected chi connectivity index (χ2v) is 20.0. The number of aromatic nitrogens is 3. The molecule has 1 aliphatic heterocycles. The minimum atomic E-state index is -2.15. The predicted octanol–water partition coefficient (Wildman–Crippen LogP) is 12.7. The number of nitrogens with zero attached hydrogens (tertiary/aromatic N) is 3. The molecule has 274 valence electrons. The molecular formula is C54H39N3Si. The lowest BCUT2D eigenvalue weighted by Crippen LogP contribution is -2.50. The molecule has 8 aromatic carbocycles. The van der Waals surface area contributed by atoms with Gasteiger partial charge >= 0.3 is 0 Å². The Balaban J connectivity index is 1.14. The largest absolute Gasteiger partial charge is 0.309 e. The van der Waals surface area contributed by atoms with Crippen LogP contribution in [0.4, 0.5) is 0 Å². The summed E-state index contributed by atoms with van der Waals surface area (Å²) in [5, 5.41) is 5.08. The lowest BCUT2D eigenvalue weighted by molar-refractivity contribution is 1.18. The van der Waals surface area contributed by atoms with Crippen LogP contribution in [0.2, 0.25) is 13.1 Å². The molecule has 0 radical (unpaired) electrons. The van der Waals surface area contributed by atoms with Crippen molar-refractivity contribution in [3.05, 3.63) is 200 Å². The summed E-state index contributed by atoms with van der Waals surface area (Å²) >= 11 is 0. The van der Waals surface area contributed by atoms with E-state index in [4.69, 9.17) is 9.97 Å². The van der Waals surface area contributed by atoms with Crippen molar-refractivity contribution in [2.75, 3.05) is 0 Å². The fourth-order valence-corrected chi connectivity index (χ4v) is 12.1. The Kier molecular flexibility index (Phi) is 7.95. The quantitative estimate of drug-likeness (QED) is 0.158. The maximum absolute atomic E-state index is 5.53. The van der Waals surface area contributed by atoms with E-state index in [1.807, 2.05) is 0 Å². The summed E-state index contributed by atoms with van der Waals surface area (Å²) in [6.45, 7) is 4.86. The van der Waals surface area contributed by atoms with Gasteiger partial charge in [0, 0.05) is 38.5 Å². The SMILES string of the molecule is C[Si]1(C)c2ccccc2-c2c(-c3cccc(-c4cccc5c4c4cc(-c6ccccc6)ccc4n5-c4ccccc4)c3)nc(-c3cccc(-c4ccccc4)c3)nc21. The van der Waals surface area contributed by atoms with E-state index in [-0.39, 0.29) is 0 Å². The highest BCUT2D eigenvalue weighted by Gasteiger charge is 2.41. The molecule has 2 aromatic heterocycles. The molecule has 0 spiro atoms. The highest BCUT2D eigenvalue weighted by Crippen LogP contribution is 2.42. The molecule has 0 amide bonds. The minimum Gasteiger partial charge on any atom is -0.309 e. The molecule has 3 nitrogen and oxygen atoms in total. The number of fused-ring (bicyclic) bond motifs is 6. The summed E-state index contributed by atoms with van der Waals surface area (Å²) in [7, 11) is -2.15. The van der Waals surface area contributed by atoms with Crippen LogP contribution in [-0.4, -0.2) is 22.6 Å². The summed E-state index contributed by atoms with van der Waals surface area (Å²) in [6.07, 6.45) is 0. The van der Waals surface area contributed by atoms with Gasteiger partial charge in [-0.2, -0.15) is 0 Å². The molecule has 10 aromatic rings. The predicted molar refractivity (Wildman–Crippen MR) is 246 cm³/mol. The zero-order chi connectivity index (χ0) is 38.8. The molecule has 3 heterocycles. The second-order valence-electron chi connectivity index (χ2n) is 15.8. The molecule has 4 heteroatoms. The average molecular weight is 758 g/mol. The summed E-state index contributed by atoms with van der Waals surface area (Å²) in [5.74, 6) is 0.770. The van der Waals surface area contributed by atoms with Crippen LogP contribution < -0.4 is 10.5 Å². The first-order valence-corrected chi connectivity index (χ1v) is 23.0. The zero-order valence-corrected chi connectivity index (χ0v) is 33.4. The Hall–Kier alpha value is -7.14. The van der Waals surface area contributed by atoms with Crippen molar-refractivity contribution < 1.29 is 0 Å². The van der Waals surface area contributed by atoms with Crippen LogP contribution in [0.5, 0.6) is 0 Å². The van der Waals surface area contributed by atoms with E-state index in [0.717, 1.165) is 39.5 Å². The molecule has 0 aliphatic carbocycles. The van der Waals surface area contributed by atoms with Gasteiger partial charge < -0.3 is 4.57 Å². The van der Waals surface area contributed by atoms with Crippen molar-refractivity contribution in [2.24, 2.45) is 0 Å². The van der Waals surface area contributed by atoms with Gasteiger partial charge in [0.1, 0.15) is 8.07 Å².